The first-order valence-electron chi connectivity index (χ1n) is 16.8. The average Bonchev–Trinajstić information content (AvgIpc) is 2.88. The highest BCUT2D eigenvalue weighted by Gasteiger charge is 2.17. The summed E-state index contributed by atoms with van der Waals surface area (Å²) in [6.07, 6.45) is 34.6. The van der Waals surface area contributed by atoms with Crippen LogP contribution in [0.1, 0.15) is 195 Å². The van der Waals surface area contributed by atoms with Crippen LogP contribution < -0.4 is 0 Å². The van der Waals surface area contributed by atoms with E-state index in [0.29, 0.717) is 12.5 Å². The Kier molecular flexibility index (Phi) is 28.6. The van der Waals surface area contributed by atoms with E-state index < -0.39 is 0 Å². The van der Waals surface area contributed by atoms with Gasteiger partial charge in [0.05, 0.1) is 12.5 Å². The summed E-state index contributed by atoms with van der Waals surface area (Å²) in [5.41, 5.74) is 0. The zero-order valence-corrected chi connectivity index (χ0v) is 25.6. The summed E-state index contributed by atoms with van der Waals surface area (Å²) in [6, 6.07) is 0. The van der Waals surface area contributed by atoms with Crippen LogP contribution in [0.25, 0.3) is 0 Å². The largest absolute Gasteiger partial charge is 0.465 e. The monoisotopic (exact) mass is 509 g/mol. The van der Waals surface area contributed by atoms with E-state index in [1.165, 1.54) is 161 Å². The molecule has 216 valence electrons. The lowest BCUT2D eigenvalue weighted by molar-refractivity contribution is -0.149. The van der Waals surface area contributed by atoms with Crippen molar-refractivity contribution in [2.45, 2.75) is 195 Å². The van der Waals surface area contributed by atoms with Crippen molar-refractivity contribution in [3.63, 3.8) is 0 Å². The van der Waals surface area contributed by atoms with Crippen LogP contribution in [0.4, 0.5) is 0 Å². The summed E-state index contributed by atoms with van der Waals surface area (Å²) in [4.78, 5) is 12.6. The minimum atomic E-state index is 0.0534. The molecule has 0 bridgehead atoms. The van der Waals surface area contributed by atoms with Gasteiger partial charge in [0.1, 0.15) is 0 Å². The van der Waals surface area contributed by atoms with E-state index in [2.05, 4.69) is 27.7 Å². The van der Waals surface area contributed by atoms with Crippen LogP contribution in [0.3, 0.4) is 0 Å². The van der Waals surface area contributed by atoms with E-state index in [1.54, 1.807) is 0 Å². The summed E-state index contributed by atoms with van der Waals surface area (Å²) in [6.45, 7) is 9.58. The van der Waals surface area contributed by atoms with Crippen molar-refractivity contribution in [2.24, 2.45) is 11.8 Å². The number of ether oxygens (including phenoxy) is 1. The second-order valence-corrected chi connectivity index (χ2v) is 11.8. The maximum Gasteiger partial charge on any atom is 0.308 e. The van der Waals surface area contributed by atoms with E-state index >= 15 is 0 Å². The lowest BCUT2D eigenvalue weighted by Gasteiger charge is -2.19. The first-order valence-corrected chi connectivity index (χ1v) is 16.8. The molecule has 0 aromatic rings. The molecule has 0 aliphatic carbocycles. The van der Waals surface area contributed by atoms with Gasteiger partial charge in [-0.1, -0.05) is 175 Å². The van der Waals surface area contributed by atoms with Gasteiger partial charge in [0.15, 0.2) is 0 Å². The fourth-order valence-electron chi connectivity index (χ4n) is 5.31. The van der Waals surface area contributed by atoms with Crippen molar-refractivity contribution >= 4 is 5.97 Å². The molecule has 0 amide bonds. The number of hydrogen-bond donors (Lipinski definition) is 0. The van der Waals surface area contributed by atoms with Crippen LogP contribution in [0.5, 0.6) is 0 Å². The molecule has 0 aromatic carbocycles. The Hall–Kier alpha value is -0.530. The maximum absolute atomic E-state index is 12.6. The molecule has 2 atom stereocenters. The Labute approximate surface area is 228 Å². The van der Waals surface area contributed by atoms with Gasteiger partial charge < -0.3 is 4.74 Å². The second kappa shape index (κ2) is 29.0. The third kappa shape index (κ3) is 25.1. The molecular formula is C34H68O2. The van der Waals surface area contributed by atoms with E-state index in [0.717, 1.165) is 6.42 Å². The number of hydrogen-bond acceptors (Lipinski definition) is 2. The van der Waals surface area contributed by atoms with E-state index in [1.807, 2.05) is 0 Å². The maximum atomic E-state index is 12.6. The predicted octanol–water partition coefficient (Wildman–Crippen LogP) is 12.0. The highest BCUT2D eigenvalue weighted by Crippen LogP contribution is 2.21. The van der Waals surface area contributed by atoms with Crippen molar-refractivity contribution in [3.8, 4) is 0 Å². The van der Waals surface area contributed by atoms with Gasteiger partial charge in [-0.05, 0) is 25.2 Å². The molecule has 0 N–H and O–H groups in total. The van der Waals surface area contributed by atoms with Gasteiger partial charge in [0, 0.05) is 0 Å². The number of carbonyl (C=O) groups excluding carboxylic acids is 1. The van der Waals surface area contributed by atoms with Crippen molar-refractivity contribution < 1.29 is 9.53 Å². The SMILES string of the molecule is CCCCCCCCCCCC(CCCCCCCCC)COC(=O)C(C)CCCCCCCCC. The number of rotatable bonds is 29. The third-order valence-corrected chi connectivity index (χ3v) is 8.04. The molecule has 0 fully saturated rings. The molecule has 0 spiro atoms. The molecule has 0 saturated heterocycles. The lowest BCUT2D eigenvalue weighted by Crippen LogP contribution is -2.20. The molecule has 0 rings (SSSR count). The molecule has 2 unspecified atom stereocenters. The summed E-state index contributed by atoms with van der Waals surface area (Å²) >= 11 is 0. The Morgan fingerprint density at radius 3 is 1.14 bits per heavy atom. The van der Waals surface area contributed by atoms with E-state index in [-0.39, 0.29) is 11.9 Å². The first-order chi connectivity index (χ1) is 17.7. The van der Waals surface area contributed by atoms with Gasteiger partial charge in [-0.3, -0.25) is 4.79 Å². The van der Waals surface area contributed by atoms with Crippen LogP contribution in [-0.2, 0) is 9.53 Å². The summed E-state index contributed by atoms with van der Waals surface area (Å²) in [5.74, 6) is 0.685. The summed E-state index contributed by atoms with van der Waals surface area (Å²) in [5, 5.41) is 0. The number of esters is 1. The number of carbonyl (C=O) groups is 1. The molecule has 0 radical (unpaired) electrons. The van der Waals surface area contributed by atoms with Crippen molar-refractivity contribution in [1.82, 2.24) is 0 Å². The van der Waals surface area contributed by atoms with Crippen LogP contribution in [0.2, 0.25) is 0 Å². The standard InChI is InChI=1S/C34H68O2/c1-5-8-11-14-17-18-21-24-27-30-33(29-26-23-20-16-13-10-7-3)31-36-34(35)32(4)28-25-22-19-15-12-9-6-2/h32-33H,5-31H2,1-4H3. The van der Waals surface area contributed by atoms with Crippen molar-refractivity contribution in [1.29, 1.82) is 0 Å². The van der Waals surface area contributed by atoms with Gasteiger partial charge in [0.2, 0.25) is 0 Å². The molecular weight excluding hydrogens is 440 g/mol. The van der Waals surface area contributed by atoms with Crippen LogP contribution in [0, 0.1) is 11.8 Å². The Morgan fingerprint density at radius 2 is 0.778 bits per heavy atom. The van der Waals surface area contributed by atoms with E-state index in [4.69, 9.17) is 4.74 Å². The number of unbranched alkanes of at least 4 members (excludes halogenated alkanes) is 20. The molecule has 0 aromatic heterocycles. The minimum absolute atomic E-state index is 0.0534. The van der Waals surface area contributed by atoms with Crippen LogP contribution >= 0.6 is 0 Å². The molecule has 0 aliphatic rings. The Balaban J connectivity index is 4.14. The molecule has 2 nitrogen and oxygen atoms in total. The average molecular weight is 509 g/mol. The van der Waals surface area contributed by atoms with Gasteiger partial charge in [-0.25, -0.2) is 0 Å². The molecule has 0 aliphatic heterocycles. The van der Waals surface area contributed by atoms with Gasteiger partial charge in [-0.2, -0.15) is 0 Å². The Bertz CT molecular complexity index is 433. The highest BCUT2D eigenvalue weighted by molar-refractivity contribution is 5.71. The smallest absolute Gasteiger partial charge is 0.308 e. The fourth-order valence-corrected chi connectivity index (χ4v) is 5.31. The first kappa shape index (κ1) is 35.5. The van der Waals surface area contributed by atoms with Crippen molar-refractivity contribution in [3.05, 3.63) is 0 Å². The minimum Gasteiger partial charge on any atom is -0.465 e. The molecule has 36 heavy (non-hydrogen) atoms. The van der Waals surface area contributed by atoms with Gasteiger partial charge in [0.25, 0.3) is 0 Å². The molecule has 0 heterocycles. The quantitative estimate of drug-likeness (QED) is 0.0741. The highest BCUT2D eigenvalue weighted by atomic mass is 16.5. The van der Waals surface area contributed by atoms with Crippen molar-refractivity contribution in [2.75, 3.05) is 6.61 Å². The lowest BCUT2D eigenvalue weighted by atomic mass is 9.94. The van der Waals surface area contributed by atoms with E-state index in [9.17, 15) is 4.79 Å². The topological polar surface area (TPSA) is 26.3 Å². The van der Waals surface area contributed by atoms with Gasteiger partial charge >= 0.3 is 5.97 Å². The van der Waals surface area contributed by atoms with Crippen LogP contribution in [-0.4, -0.2) is 12.6 Å². The summed E-state index contributed by atoms with van der Waals surface area (Å²) in [7, 11) is 0. The zero-order valence-electron chi connectivity index (χ0n) is 25.6. The molecule has 2 heteroatoms. The predicted molar refractivity (Wildman–Crippen MR) is 161 cm³/mol. The second-order valence-electron chi connectivity index (χ2n) is 11.8. The fraction of sp³-hybridized carbons (Fsp3) is 0.971. The normalized spacial score (nSPS) is 13.1. The summed E-state index contributed by atoms with van der Waals surface area (Å²) < 4.78 is 5.88. The third-order valence-electron chi connectivity index (χ3n) is 8.04. The zero-order chi connectivity index (χ0) is 26.5. The van der Waals surface area contributed by atoms with Gasteiger partial charge in [-0.15, -0.1) is 0 Å². The van der Waals surface area contributed by atoms with Crippen LogP contribution in [0.15, 0.2) is 0 Å². The molecule has 0 saturated carbocycles. The Morgan fingerprint density at radius 1 is 0.472 bits per heavy atom.